The fraction of sp³-hybridized carbons (Fsp3) is 0.933. The normalized spacial score (nSPS) is 29.4. The van der Waals surface area contributed by atoms with Crippen molar-refractivity contribution >= 4 is 5.97 Å². The predicted octanol–water partition coefficient (Wildman–Crippen LogP) is 2.78. The van der Waals surface area contributed by atoms with Gasteiger partial charge in [-0.15, -0.1) is 0 Å². The van der Waals surface area contributed by atoms with Gasteiger partial charge in [0.1, 0.15) is 5.54 Å². The van der Waals surface area contributed by atoms with Crippen molar-refractivity contribution in [3.8, 4) is 0 Å². The van der Waals surface area contributed by atoms with Crippen molar-refractivity contribution in [3.05, 3.63) is 0 Å². The van der Waals surface area contributed by atoms with Gasteiger partial charge >= 0.3 is 5.97 Å². The zero-order valence-corrected chi connectivity index (χ0v) is 11.5. The van der Waals surface area contributed by atoms with E-state index < -0.39 is 0 Å². The van der Waals surface area contributed by atoms with E-state index in [9.17, 15) is 4.79 Å². The van der Waals surface area contributed by atoms with Crippen molar-refractivity contribution in [1.29, 1.82) is 0 Å². The maximum Gasteiger partial charge on any atom is 0.326 e. The van der Waals surface area contributed by atoms with Gasteiger partial charge in [0.2, 0.25) is 0 Å². The molecule has 0 atom stereocenters. The minimum atomic E-state index is -0.357. The van der Waals surface area contributed by atoms with Gasteiger partial charge in [-0.3, -0.25) is 10.1 Å². The largest absolute Gasteiger partial charge is 0.468 e. The Morgan fingerprint density at radius 3 is 2.17 bits per heavy atom. The van der Waals surface area contributed by atoms with E-state index in [0.717, 1.165) is 12.8 Å². The van der Waals surface area contributed by atoms with Gasteiger partial charge in [0, 0.05) is 6.04 Å². The number of nitrogens with one attached hydrogen (secondary N) is 1. The Morgan fingerprint density at radius 2 is 1.67 bits per heavy atom. The van der Waals surface area contributed by atoms with Crippen LogP contribution < -0.4 is 5.32 Å². The molecule has 102 valence electrons. The Balaban J connectivity index is 1.70. The lowest BCUT2D eigenvalue weighted by molar-refractivity contribution is -0.151. The molecule has 1 N–H and O–H groups in total. The standard InChI is InChI=1S/C15H25NO2/c1-18-13(17)15(16-12-4-5-12)10-8-14(9-11-15)6-2-3-7-14/h12,16H,2-11H2,1H3. The molecule has 0 aromatic heterocycles. The summed E-state index contributed by atoms with van der Waals surface area (Å²) in [7, 11) is 1.53. The van der Waals surface area contributed by atoms with Crippen molar-refractivity contribution in [1.82, 2.24) is 5.32 Å². The van der Waals surface area contributed by atoms with Crippen LogP contribution in [0, 0.1) is 5.41 Å². The third-order valence-electron chi connectivity index (χ3n) is 5.46. The van der Waals surface area contributed by atoms with Gasteiger partial charge in [-0.2, -0.15) is 0 Å². The van der Waals surface area contributed by atoms with Gasteiger partial charge in [0.05, 0.1) is 7.11 Å². The molecule has 0 bridgehead atoms. The molecule has 0 aliphatic heterocycles. The Bertz CT molecular complexity index is 319. The van der Waals surface area contributed by atoms with Crippen LogP contribution in [0.5, 0.6) is 0 Å². The van der Waals surface area contributed by atoms with E-state index >= 15 is 0 Å². The first-order chi connectivity index (χ1) is 8.68. The molecule has 3 heteroatoms. The fourth-order valence-electron chi connectivity index (χ4n) is 4.05. The topological polar surface area (TPSA) is 38.3 Å². The Kier molecular flexibility index (Phi) is 3.13. The SMILES string of the molecule is COC(=O)C1(NC2CC2)CCC2(CCCC2)CC1. The maximum absolute atomic E-state index is 12.2. The summed E-state index contributed by atoms with van der Waals surface area (Å²) in [5.74, 6) is -0.0257. The van der Waals surface area contributed by atoms with Crippen molar-refractivity contribution in [3.63, 3.8) is 0 Å². The monoisotopic (exact) mass is 251 g/mol. The second-order valence-electron chi connectivity index (χ2n) is 6.70. The third-order valence-corrected chi connectivity index (χ3v) is 5.46. The van der Waals surface area contributed by atoms with Crippen LogP contribution in [0.2, 0.25) is 0 Å². The number of hydrogen-bond acceptors (Lipinski definition) is 3. The summed E-state index contributed by atoms with van der Waals surface area (Å²) in [4.78, 5) is 12.2. The molecule has 0 amide bonds. The molecule has 0 saturated heterocycles. The molecule has 3 aliphatic carbocycles. The quantitative estimate of drug-likeness (QED) is 0.784. The lowest BCUT2D eigenvalue weighted by Crippen LogP contribution is -2.56. The molecule has 0 aromatic rings. The summed E-state index contributed by atoms with van der Waals surface area (Å²) in [6.07, 6.45) is 12.4. The molecular formula is C15H25NO2. The Labute approximate surface area is 110 Å². The molecule has 18 heavy (non-hydrogen) atoms. The molecule has 3 nitrogen and oxygen atoms in total. The Morgan fingerprint density at radius 1 is 1.06 bits per heavy atom. The van der Waals surface area contributed by atoms with Crippen LogP contribution in [0.1, 0.15) is 64.2 Å². The minimum Gasteiger partial charge on any atom is -0.468 e. The van der Waals surface area contributed by atoms with Crippen molar-refractivity contribution < 1.29 is 9.53 Å². The maximum atomic E-state index is 12.2. The smallest absolute Gasteiger partial charge is 0.326 e. The van der Waals surface area contributed by atoms with Crippen LogP contribution in [0.15, 0.2) is 0 Å². The number of methoxy groups -OCH3 is 1. The number of carbonyl (C=O) groups excluding carboxylic acids is 1. The molecule has 0 unspecified atom stereocenters. The number of hydrogen-bond donors (Lipinski definition) is 1. The highest BCUT2D eigenvalue weighted by Gasteiger charge is 2.50. The van der Waals surface area contributed by atoms with E-state index in [1.165, 1.54) is 58.5 Å². The highest BCUT2D eigenvalue weighted by molar-refractivity contribution is 5.81. The average Bonchev–Trinajstić information content (AvgIpc) is 3.10. The molecule has 0 radical (unpaired) electrons. The summed E-state index contributed by atoms with van der Waals surface area (Å²) >= 11 is 0. The highest BCUT2D eigenvalue weighted by Crippen LogP contribution is 2.51. The molecule has 3 aliphatic rings. The van der Waals surface area contributed by atoms with Crippen molar-refractivity contribution in [2.45, 2.75) is 75.8 Å². The van der Waals surface area contributed by atoms with Crippen LogP contribution in [0.4, 0.5) is 0 Å². The van der Waals surface area contributed by atoms with Gasteiger partial charge in [-0.05, 0) is 56.8 Å². The first-order valence-electron chi connectivity index (χ1n) is 7.54. The highest BCUT2D eigenvalue weighted by atomic mass is 16.5. The van der Waals surface area contributed by atoms with Crippen molar-refractivity contribution in [2.24, 2.45) is 5.41 Å². The Hall–Kier alpha value is -0.570. The fourth-order valence-corrected chi connectivity index (χ4v) is 4.05. The van der Waals surface area contributed by atoms with Gasteiger partial charge < -0.3 is 4.74 Å². The van der Waals surface area contributed by atoms with Crippen LogP contribution in [0.25, 0.3) is 0 Å². The van der Waals surface area contributed by atoms with Gasteiger partial charge in [-0.25, -0.2) is 0 Å². The lowest BCUT2D eigenvalue weighted by atomic mass is 9.66. The summed E-state index contributed by atoms with van der Waals surface area (Å²) in [5, 5.41) is 3.59. The second kappa shape index (κ2) is 4.52. The molecule has 3 rings (SSSR count). The molecule has 0 aromatic carbocycles. The van der Waals surface area contributed by atoms with Gasteiger partial charge in [-0.1, -0.05) is 12.8 Å². The zero-order valence-electron chi connectivity index (χ0n) is 11.5. The number of rotatable bonds is 3. The van der Waals surface area contributed by atoms with E-state index in [1.54, 1.807) is 0 Å². The minimum absolute atomic E-state index is 0.0257. The summed E-state index contributed by atoms with van der Waals surface area (Å²) in [6.45, 7) is 0. The molecule has 3 fully saturated rings. The predicted molar refractivity (Wildman–Crippen MR) is 70.3 cm³/mol. The van der Waals surface area contributed by atoms with E-state index in [1.807, 2.05) is 0 Å². The number of esters is 1. The summed E-state index contributed by atoms with van der Waals surface area (Å²) in [5.41, 5.74) is 0.215. The first kappa shape index (κ1) is 12.5. The van der Waals surface area contributed by atoms with E-state index in [4.69, 9.17) is 4.74 Å². The van der Waals surface area contributed by atoms with E-state index in [2.05, 4.69) is 5.32 Å². The van der Waals surface area contributed by atoms with E-state index in [0.29, 0.717) is 11.5 Å². The summed E-state index contributed by atoms with van der Waals surface area (Å²) in [6, 6.07) is 0.571. The summed E-state index contributed by atoms with van der Waals surface area (Å²) < 4.78 is 5.07. The second-order valence-corrected chi connectivity index (χ2v) is 6.70. The molecular weight excluding hydrogens is 226 g/mol. The van der Waals surface area contributed by atoms with E-state index in [-0.39, 0.29) is 11.5 Å². The van der Waals surface area contributed by atoms with Crippen molar-refractivity contribution in [2.75, 3.05) is 7.11 Å². The average molecular weight is 251 g/mol. The molecule has 3 saturated carbocycles. The molecule has 1 spiro atoms. The van der Waals surface area contributed by atoms with Gasteiger partial charge in [0.15, 0.2) is 0 Å². The van der Waals surface area contributed by atoms with Crippen LogP contribution in [-0.4, -0.2) is 24.7 Å². The van der Waals surface area contributed by atoms with Crippen LogP contribution >= 0.6 is 0 Å². The number of ether oxygens (including phenoxy) is 1. The lowest BCUT2D eigenvalue weighted by Gasteiger charge is -2.44. The van der Waals surface area contributed by atoms with Crippen LogP contribution in [0.3, 0.4) is 0 Å². The first-order valence-corrected chi connectivity index (χ1v) is 7.54. The zero-order chi connectivity index (χ0) is 12.6. The number of carbonyl (C=O) groups is 1. The van der Waals surface area contributed by atoms with Gasteiger partial charge in [0.25, 0.3) is 0 Å². The third kappa shape index (κ3) is 2.18. The van der Waals surface area contributed by atoms with Crippen LogP contribution in [-0.2, 0) is 9.53 Å². The molecule has 0 heterocycles.